The first-order valence-corrected chi connectivity index (χ1v) is 5.60. The second-order valence-corrected chi connectivity index (χ2v) is 4.85. The third-order valence-corrected chi connectivity index (χ3v) is 2.06. The van der Waals surface area contributed by atoms with Gasteiger partial charge >= 0.3 is 0 Å². The van der Waals surface area contributed by atoms with Crippen LogP contribution in [0.2, 0.25) is 0 Å². The number of carbonyl (C=O) groups is 1. The maximum Gasteiger partial charge on any atom is 0.239 e. The van der Waals surface area contributed by atoms with Crippen molar-refractivity contribution in [2.24, 2.45) is 0 Å². The van der Waals surface area contributed by atoms with Gasteiger partial charge < -0.3 is 15.4 Å². The lowest BCUT2D eigenvalue weighted by Crippen LogP contribution is -2.43. The number of hydrogen-bond donors (Lipinski definition) is 2. The van der Waals surface area contributed by atoms with E-state index in [2.05, 4.69) is 10.6 Å². The van der Waals surface area contributed by atoms with Crippen LogP contribution in [0.15, 0.2) is 24.3 Å². The van der Waals surface area contributed by atoms with Crippen molar-refractivity contribution >= 4 is 11.6 Å². The molecular formula is C13H20N2O2. The summed E-state index contributed by atoms with van der Waals surface area (Å²) < 4.78 is 5.18. The van der Waals surface area contributed by atoms with Crippen LogP contribution in [0.1, 0.15) is 20.8 Å². The van der Waals surface area contributed by atoms with E-state index in [1.807, 2.05) is 45.0 Å². The Morgan fingerprint density at radius 2 is 1.94 bits per heavy atom. The highest BCUT2D eigenvalue weighted by Crippen LogP contribution is 2.22. The largest absolute Gasteiger partial charge is 0.495 e. The summed E-state index contributed by atoms with van der Waals surface area (Å²) in [6.07, 6.45) is 0. The van der Waals surface area contributed by atoms with E-state index in [9.17, 15) is 4.79 Å². The highest BCUT2D eigenvalue weighted by Gasteiger charge is 2.13. The topological polar surface area (TPSA) is 50.4 Å². The van der Waals surface area contributed by atoms with Gasteiger partial charge in [0.2, 0.25) is 5.91 Å². The first-order chi connectivity index (χ1) is 7.92. The number of amides is 1. The van der Waals surface area contributed by atoms with E-state index in [4.69, 9.17) is 4.74 Å². The third kappa shape index (κ3) is 4.76. The quantitative estimate of drug-likeness (QED) is 0.841. The monoisotopic (exact) mass is 236 g/mol. The average molecular weight is 236 g/mol. The smallest absolute Gasteiger partial charge is 0.239 e. The molecule has 0 aliphatic heterocycles. The van der Waals surface area contributed by atoms with Gasteiger partial charge in [0.15, 0.2) is 0 Å². The zero-order valence-corrected chi connectivity index (χ0v) is 10.8. The van der Waals surface area contributed by atoms with Gasteiger partial charge in [0.25, 0.3) is 0 Å². The van der Waals surface area contributed by atoms with Crippen molar-refractivity contribution in [2.75, 3.05) is 19.0 Å². The summed E-state index contributed by atoms with van der Waals surface area (Å²) >= 11 is 0. The minimum Gasteiger partial charge on any atom is -0.495 e. The van der Waals surface area contributed by atoms with Crippen molar-refractivity contribution in [1.29, 1.82) is 0 Å². The lowest BCUT2D eigenvalue weighted by molar-refractivity contribution is -0.120. The van der Waals surface area contributed by atoms with Gasteiger partial charge in [-0.3, -0.25) is 4.79 Å². The van der Waals surface area contributed by atoms with Crippen molar-refractivity contribution in [3.05, 3.63) is 24.3 Å². The summed E-state index contributed by atoms with van der Waals surface area (Å²) in [5.74, 6) is 0.694. The van der Waals surface area contributed by atoms with Crippen molar-refractivity contribution < 1.29 is 9.53 Å². The Hall–Kier alpha value is -1.71. The molecule has 0 aliphatic carbocycles. The molecule has 0 saturated carbocycles. The predicted octanol–water partition coefficient (Wildman–Crippen LogP) is 2.02. The van der Waals surface area contributed by atoms with Crippen LogP contribution in [-0.4, -0.2) is 25.1 Å². The molecule has 0 spiro atoms. The second kappa shape index (κ2) is 5.57. The SMILES string of the molecule is COc1ccccc1NCC(=O)NC(C)(C)C. The molecule has 1 aromatic rings. The van der Waals surface area contributed by atoms with Crippen LogP contribution in [0.3, 0.4) is 0 Å². The summed E-state index contributed by atoms with van der Waals surface area (Å²) in [6, 6.07) is 7.51. The van der Waals surface area contributed by atoms with E-state index in [-0.39, 0.29) is 18.0 Å². The van der Waals surface area contributed by atoms with Crippen molar-refractivity contribution in [1.82, 2.24) is 5.32 Å². The summed E-state index contributed by atoms with van der Waals surface area (Å²) in [5, 5.41) is 5.93. The van der Waals surface area contributed by atoms with Gasteiger partial charge in [-0.05, 0) is 32.9 Å². The minimum atomic E-state index is -0.209. The molecule has 0 heterocycles. The van der Waals surface area contributed by atoms with Crippen LogP contribution in [-0.2, 0) is 4.79 Å². The van der Waals surface area contributed by atoms with Gasteiger partial charge in [-0.2, -0.15) is 0 Å². The summed E-state index contributed by atoms with van der Waals surface area (Å²) in [4.78, 5) is 11.6. The Morgan fingerprint density at radius 1 is 1.29 bits per heavy atom. The van der Waals surface area contributed by atoms with Crippen LogP contribution in [0.5, 0.6) is 5.75 Å². The lowest BCUT2D eigenvalue weighted by Gasteiger charge is -2.21. The average Bonchev–Trinajstić information content (AvgIpc) is 2.24. The van der Waals surface area contributed by atoms with Crippen molar-refractivity contribution in [3.63, 3.8) is 0 Å². The first kappa shape index (κ1) is 13.4. The van der Waals surface area contributed by atoms with Crippen LogP contribution >= 0.6 is 0 Å². The molecule has 0 unspecified atom stereocenters. The number of rotatable bonds is 4. The molecule has 4 nitrogen and oxygen atoms in total. The number of para-hydroxylation sites is 2. The third-order valence-electron chi connectivity index (χ3n) is 2.06. The Balaban J connectivity index is 2.53. The molecule has 0 atom stereocenters. The maximum absolute atomic E-state index is 11.6. The van der Waals surface area contributed by atoms with E-state index in [0.717, 1.165) is 11.4 Å². The molecule has 1 aromatic carbocycles. The number of benzene rings is 1. The fourth-order valence-electron chi connectivity index (χ4n) is 1.43. The molecule has 1 amide bonds. The summed E-state index contributed by atoms with van der Waals surface area (Å²) in [5.41, 5.74) is 0.610. The highest BCUT2D eigenvalue weighted by atomic mass is 16.5. The van der Waals surface area contributed by atoms with E-state index < -0.39 is 0 Å². The zero-order chi connectivity index (χ0) is 12.9. The number of ether oxygens (including phenoxy) is 1. The summed E-state index contributed by atoms with van der Waals surface area (Å²) in [7, 11) is 1.61. The molecule has 17 heavy (non-hydrogen) atoms. The predicted molar refractivity (Wildman–Crippen MR) is 69.4 cm³/mol. The van der Waals surface area contributed by atoms with Gasteiger partial charge in [0.1, 0.15) is 5.75 Å². The number of anilines is 1. The number of carbonyl (C=O) groups excluding carboxylic acids is 1. The molecule has 0 radical (unpaired) electrons. The van der Waals surface area contributed by atoms with Crippen molar-refractivity contribution in [3.8, 4) is 5.75 Å². The fraction of sp³-hybridized carbons (Fsp3) is 0.462. The van der Waals surface area contributed by atoms with Gasteiger partial charge in [0.05, 0.1) is 19.3 Å². The Morgan fingerprint density at radius 3 is 2.53 bits per heavy atom. The van der Waals surface area contributed by atoms with E-state index in [1.165, 1.54) is 0 Å². The van der Waals surface area contributed by atoms with Gasteiger partial charge in [-0.15, -0.1) is 0 Å². The minimum absolute atomic E-state index is 0.0385. The summed E-state index contributed by atoms with van der Waals surface area (Å²) in [6.45, 7) is 6.09. The molecule has 2 N–H and O–H groups in total. The normalized spacial score (nSPS) is 10.8. The standard InChI is InChI=1S/C13H20N2O2/c1-13(2,3)15-12(16)9-14-10-7-5-6-8-11(10)17-4/h5-8,14H,9H2,1-4H3,(H,15,16). The zero-order valence-electron chi connectivity index (χ0n) is 10.8. The fourth-order valence-corrected chi connectivity index (χ4v) is 1.43. The molecular weight excluding hydrogens is 216 g/mol. The van der Waals surface area contributed by atoms with E-state index in [1.54, 1.807) is 7.11 Å². The van der Waals surface area contributed by atoms with Gasteiger partial charge in [0, 0.05) is 5.54 Å². The molecule has 0 aromatic heterocycles. The number of methoxy groups -OCH3 is 1. The highest BCUT2D eigenvalue weighted by molar-refractivity contribution is 5.81. The van der Waals surface area contributed by atoms with Gasteiger partial charge in [-0.1, -0.05) is 12.1 Å². The Kier molecular flexibility index (Phi) is 4.37. The van der Waals surface area contributed by atoms with Crippen molar-refractivity contribution in [2.45, 2.75) is 26.3 Å². The van der Waals surface area contributed by atoms with Crippen LogP contribution in [0, 0.1) is 0 Å². The second-order valence-electron chi connectivity index (χ2n) is 4.85. The van der Waals surface area contributed by atoms with Crippen LogP contribution in [0.25, 0.3) is 0 Å². The van der Waals surface area contributed by atoms with E-state index >= 15 is 0 Å². The van der Waals surface area contributed by atoms with Crippen LogP contribution in [0.4, 0.5) is 5.69 Å². The molecule has 1 rings (SSSR count). The molecule has 4 heteroatoms. The van der Waals surface area contributed by atoms with Crippen LogP contribution < -0.4 is 15.4 Å². The first-order valence-electron chi connectivity index (χ1n) is 5.60. The molecule has 0 aliphatic rings. The maximum atomic E-state index is 11.6. The van der Waals surface area contributed by atoms with Gasteiger partial charge in [-0.25, -0.2) is 0 Å². The van der Waals surface area contributed by atoms with E-state index in [0.29, 0.717) is 0 Å². The number of hydrogen-bond acceptors (Lipinski definition) is 3. The lowest BCUT2D eigenvalue weighted by atomic mass is 10.1. The molecule has 0 bridgehead atoms. The Bertz CT molecular complexity index is 383. The Labute approximate surface area is 102 Å². The number of nitrogens with one attached hydrogen (secondary N) is 2. The molecule has 0 saturated heterocycles. The molecule has 94 valence electrons. The molecule has 0 fully saturated rings.